The van der Waals surface area contributed by atoms with Gasteiger partial charge in [-0.05, 0) is 43.7 Å². The molecule has 1 aliphatic carbocycles. The number of carbonyl (C=O) groups excluding carboxylic acids is 2. The summed E-state index contributed by atoms with van der Waals surface area (Å²) in [6.45, 7) is 11.9. The van der Waals surface area contributed by atoms with E-state index < -0.39 is 19.7 Å². The van der Waals surface area contributed by atoms with Crippen molar-refractivity contribution in [1.29, 1.82) is 0 Å². The number of amides is 2. The summed E-state index contributed by atoms with van der Waals surface area (Å²) in [6, 6.07) is 3.87. The lowest BCUT2D eigenvalue weighted by Crippen LogP contribution is -2.55. The standard InChI is InChI=1S/C23H33N3O3SSi/c1-22(2)16-13-24-19(25-21(28)23(10-8-11-23)31(4,5)6)15(16)14-26(22)20(27)18(29-3)17-9-7-12-30-17/h7,9,12,18H,8,10-11,13-14H2,1-6H3,(H,24,25,28). The molecule has 1 aromatic heterocycles. The van der Waals surface area contributed by atoms with Gasteiger partial charge < -0.3 is 15.0 Å². The maximum Gasteiger partial charge on any atom is 0.258 e. The Balaban J connectivity index is 1.54. The minimum Gasteiger partial charge on any atom is -0.366 e. The third-order valence-corrected chi connectivity index (χ3v) is 12.1. The van der Waals surface area contributed by atoms with E-state index in [1.807, 2.05) is 22.4 Å². The van der Waals surface area contributed by atoms with Crippen LogP contribution in [-0.2, 0) is 14.3 Å². The smallest absolute Gasteiger partial charge is 0.258 e. The molecule has 6 nitrogen and oxygen atoms in total. The summed E-state index contributed by atoms with van der Waals surface area (Å²) in [5.74, 6) is 0.743. The van der Waals surface area contributed by atoms with Gasteiger partial charge in [0, 0.05) is 22.6 Å². The molecular formula is C23H33N3O3SSi. The van der Waals surface area contributed by atoms with Crippen molar-refractivity contribution in [1.82, 2.24) is 10.2 Å². The highest BCUT2D eigenvalue weighted by atomic mass is 32.1. The Morgan fingerprint density at radius 2 is 2.00 bits per heavy atom. The molecule has 0 spiro atoms. The van der Waals surface area contributed by atoms with E-state index in [9.17, 15) is 9.59 Å². The minimum absolute atomic E-state index is 0.0485. The molecule has 4 rings (SSSR count). The highest BCUT2D eigenvalue weighted by molar-refractivity contribution is 7.10. The van der Waals surface area contributed by atoms with Gasteiger partial charge in [0.25, 0.3) is 5.91 Å². The van der Waals surface area contributed by atoms with Crippen LogP contribution in [0, 0.1) is 0 Å². The van der Waals surface area contributed by atoms with Crippen LogP contribution in [0.4, 0.5) is 0 Å². The summed E-state index contributed by atoms with van der Waals surface area (Å²) < 4.78 is 5.59. The Hall–Kier alpha value is -1.77. The van der Waals surface area contributed by atoms with Crippen molar-refractivity contribution in [2.24, 2.45) is 4.99 Å². The van der Waals surface area contributed by atoms with Crippen LogP contribution in [0.25, 0.3) is 0 Å². The molecule has 1 fully saturated rings. The largest absolute Gasteiger partial charge is 0.366 e. The Labute approximate surface area is 189 Å². The van der Waals surface area contributed by atoms with Crippen LogP contribution in [-0.4, -0.2) is 56.4 Å². The fourth-order valence-corrected chi connectivity index (χ4v) is 8.60. The van der Waals surface area contributed by atoms with Crippen LogP contribution in [0.5, 0.6) is 0 Å². The monoisotopic (exact) mass is 459 g/mol. The first-order chi connectivity index (χ1) is 14.5. The first kappa shape index (κ1) is 22.4. The summed E-state index contributed by atoms with van der Waals surface area (Å²) in [4.78, 5) is 34.3. The first-order valence-electron chi connectivity index (χ1n) is 11.0. The number of amidine groups is 1. The summed E-state index contributed by atoms with van der Waals surface area (Å²) >= 11 is 1.52. The van der Waals surface area contributed by atoms with Crippen molar-refractivity contribution in [2.75, 3.05) is 20.2 Å². The lowest BCUT2D eigenvalue weighted by atomic mass is 9.83. The van der Waals surface area contributed by atoms with Gasteiger partial charge in [-0.3, -0.25) is 14.6 Å². The van der Waals surface area contributed by atoms with E-state index >= 15 is 0 Å². The van der Waals surface area contributed by atoms with E-state index in [0.717, 1.165) is 35.3 Å². The molecule has 1 unspecified atom stereocenters. The highest BCUT2D eigenvalue weighted by Gasteiger charge is 2.54. The van der Waals surface area contributed by atoms with Crippen LogP contribution in [0.15, 0.2) is 33.7 Å². The zero-order valence-corrected chi connectivity index (χ0v) is 21.2. The van der Waals surface area contributed by atoms with Gasteiger partial charge in [-0.2, -0.15) is 0 Å². The molecule has 1 atom stereocenters. The normalized spacial score (nSPS) is 22.6. The van der Waals surface area contributed by atoms with Gasteiger partial charge in [0.15, 0.2) is 6.10 Å². The van der Waals surface area contributed by atoms with E-state index in [2.05, 4.69) is 43.8 Å². The Morgan fingerprint density at radius 3 is 2.52 bits per heavy atom. The van der Waals surface area contributed by atoms with Gasteiger partial charge in [-0.1, -0.05) is 32.1 Å². The van der Waals surface area contributed by atoms with Crippen LogP contribution in [0.1, 0.15) is 44.1 Å². The fourth-order valence-electron chi connectivity index (χ4n) is 5.21. The maximum absolute atomic E-state index is 13.5. The number of methoxy groups -OCH3 is 1. The molecule has 2 aliphatic heterocycles. The molecule has 31 heavy (non-hydrogen) atoms. The zero-order valence-electron chi connectivity index (χ0n) is 19.4. The Morgan fingerprint density at radius 1 is 1.29 bits per heavy atom. The third kappa shape index (κ3) is 3.43. The Kier molecular flexibility index (Phi) is 5.55. The molecule has 0 saturated heterocycles. The molecule has 1 aromatic rings. The molecule has 3 aliphatic rings. The lowest BCUT2D eigenvalue weighted by Gasteiger charge is -2.49. The highest BCUT2D eigenvalue weighted by Crippen LogP contribution is 2.55. The molecule has 168 valence electrons. The molecule has 1 saturated carbocycles. The minimum atomic E-state index is -1.67. The second-order valence-electron chi connectivity index (χ2n) is 10.4. The first-order valence-corrected chi connectivity index (χ1v) is 15.4. The van der Waals surface area contributed by atoms with Crippen LogP contribution >= 0.6 is 11.3 Å². The quantitative estimate of drug-likeness (QED) is 0.673. The molecule has 3 heterocycles. The maximum atomic E-state index is 13.5. The average molecular weight is 460 g/mol. The number of thiophene rings is 1. The molecule has 0 bridgehead atoms. The predicted molar refractivity (Wildman–Crippen MR) is 127 cm³/mol. The number of aliphatic imine (C=N–C) groups is 1. The van der Waals surface area contributed by atoms with Crippen LogP contribution in [0.3, 0.4) is 0 Å². The molecular weight excluding hydrogens is 426 g/mol. The summed E-state index contributed by atoms with van der Waals surface area (Å²) in [5, 5.41) is 4.94. The van der Waals surface area contributed by atoms with Gasteiger partial charge in [0.2, 0.25) is 5.91 Å². The van der Waals surface area contributed by atoms with Gasteiger partial charge in [0.05, 0.1) is 26.7 Å². The number of hydrogen-bond acceptors (Lipinski definition) is 5. The van der Waals surface area contributed by atoms with Gasteiger partial charge >= 0.3 is 0 Å². The van der Waals surface area contributed by atoms with Crippen molar-refractivity contribution >= 4 is 37.1 Å². The van der Waals surface area contributed by atoms with Gasteiger partial charge in [-0.15, -0.1) is 11.3 Å². The van der Waals surface area contributed by atoms with Crippen molar-refractivity contribution < 1.29 is 14.3 Å². The van der Waals surface area contributed by atoms with E-state index in [-0.39, 0.29) is 16.9 Å². The molecule has 1 N–H and O–H groups in total. The van der Waals surface area contributed by atoms with E-state index in [1.54, 1.807) is 7.11 Å². The third-order valence-electron chi connectivity index (χ3n) is 7.61. The van der Waals surface area contributed by atoms with E-state index in [0.29, 0.717) is 18.9 Å². The second kappa shape index (κ2) is 7.67. The van der Waals surface area contributed by atoms with Crippen LogP contribution < -0.4 is 5.32 Å². The van der Waals surface area contributed by atoms with Crippen molar-refractivity contribution in [3.8, 4) is 0 Å². The van der Waals surface area contributed by atoms with Crippen molar-refractivity contribution in [2.45, 2.75) is 69.4 Å². The summed E-state index contributed by atoms with van der Waals surface area (Å²) in [6.07, 6.45) is 2.45. The Bertz CT molecular complexity index is 955. The predicted octanol–water partition coefficient (Wildman–Crippen LogP) is 4.14. The molecule has 2 amide bonds. The number of carbonyl (C=O) groups is 2. The molecule has 0 radical (unpaired) electrons. The van der Waals surface area contributed by atoms with Gasteiger partial charge in [0.1, 0.15) is 5.84 Å². The average Bonchev–Trinajstić information content (AvgIpc) is 3.32. The molecule has 0 aromatic carbocycles. The zero-order chi connectivity index (χ0) is 22.6. The van der Waals surface area contributed by atoms with E-state index in [4.69, 9.17) is 4.74 Å². The summed E-state index contributed by atoms with van der Waals surface area (Å²) in [7, 11) is -0.0887. The number of hydrogen-bond donors (Lipinski definition) is 1. The molecule has 8 heteroatoms. The number of rotatable bonds is 5. The van der Waals surface area contributed by atoms with Gasteiger partial charge in [-0.25, -0.2) is 0 Å². The SMILES string of the molecule is COC(C(=O)N1CC2=C(CN=C2NC(=O)C2([Si](C)(C)C)CCC2)C1(C)C)c1cccs1. The van der Waals surface area contributed by atoms with Crippen molar-refractivity contribution in [3.05, 3.63) is 33.5 Å². The number of nitrogens with zero attached hydrogens (tertiary/aromatic N) is 2. The number of nitrogens with one attached hydrogen (secondary N) is 1. The van der Waals surface area contributed by atoms with Crippen LogP contribution in [0.2, 0.25) is 24.7 Å². The van der Waals surface area contributed by atoms with Crippen molar-refractivity contribution in [3.63, 3.8) is 0 Å². The number of ether oxygens (including phenoxy) is 1. The fraction of sp³-hybridized carbons (Fsp3) is 0.609. The summed E-state index contributed by atoms with van der Waals surface area (Å²) in [5.41, 5.74) is 1.65. The lowest BCUT2D eigenvalue weighted by molar-refractivity contribution is -0.145. The second-order valence-corrected chi connectivity index (χ2v) is 16.8. The topological polar surface area (TPSA) is 71.0 Å². The van der Waals surface area contributed by atoms with E-state index in [1.165, 1.54) is 11.3 Å².